The molecule has 146 valence electrons. The highest BCUT2D eigenvalue weighted by Crippen LogP contribution is 2.35. The van der Waals surface area contributed by atoms with Gasteiger partial charge in [-0.3, -0.25) is 9.59 Å². The molecule has 1 aliphatic rings. The molecular formula is C22H16ClFN2O3. The lowest BCUT2D eigenvalue weighted by molar-refractivity contribution is -0.121. The van der Waals surface area contributed by atoms with Crippen molar-refractivity contribution >= 4 is 34.8 Å². The van der Waals surface area contributed by atoms with Gasteiger partial charge in [-0.1, -0.05) is 48.0 Å². The van der Waals surface area contributed by atoms with Crippen LogP contribution in [-0.2, 0) is 11.3 Å². The van der Waals surface area contributed by atoms with Crippen LogP contribution in [0.5, 0.6) is 5.75 Å². The number of benzene rings is 3. The number of nitrogens with one attached hydrogen (secondary N) is 1. The lowest BCUT2D eigenvalue weighted by Crippen LogP contribution is -2.38. The summed E-state index contributed by atoms with van der Waals surface area (Å²) in [4.78, 5) is 26.4. The summed E-state index contributed by atoms with van der Waals surface area (Å²) in [5.74, 6) is -1.07. The molecule has 7 heteroatoms. The van der Waals surface area contributed by atoms with E-state index >= 15 is 0 Å². The summed E-state index contributed by atoms with van der Waals surface area (Å²) in [6.07, 6.45) is 0. The van der Waals surface area contributed by atoms with Gasteiger partial charge in [-0.25, -0.2) is 4.39 Å². The Morgan fingerprint density at radius 1 is 1.10 bits per heavy atom. The summed E-state index contributed by atoms with van der Waals surface area (Å²) in [5, 5.41) is 2.64. The third-order valence-corrected chi connectivity index (χ3v) is 4.85. The van der Waals surface area contributed by atoms with E-state index in [1.54, 1.807) is 23.1 Å². The first kappa shape index (κ1) is 19.0. The molecule has 0 atom stereocenters. The fourth-order valence-corrected chi connectivity index (χ4v) is 3.38. The predicted octanol–water partition coefficient (Wildman–Crippen LogP) is 4.66. The first-order valence-electron chi connectivity index (χ1n) is 8.89. The highest BCUT2D eigenvalue weighted by atomic mass is 35.5. The average molecular weight is 411 g/mol. The molecule has 1 heterocycles. The maximum absolute atomic E-state index is 14.0. The first-order valence-corrected chi connectivity index (χ1v) is 9.27. The van der Waals surface area contributed by atoms with Crippen LogP contribution >= 0.6 is 11.6 Å². The maximum atomic E-state index is 14.0. The number of anilines is 2. The third kappa shape index (κ3) is 3.93. The summed E-state index contributed by atoms with van der Waals surface area (Å²) >= 11 is 5.95. The molecule has 0 saturated heterocycles. The molecule has 2 amide bonds. The summed E-state index contributed by atoms with van der Waals surface area (Å²) in [6, 6.07) is 18.6. The summed E-state index contributed by atoms with van der Waals surface area (Å²) in [5.41, 5.74) is 1.77. The molecule has 29 heavy (non-hydrogen) atoms. The van der Waals surface area contributed by atoms with Gasteiger partial charge < -0.3 is 15.0 Å². The van der Waals surface area contributed by atoms with Crippen molar-refractivity contribution in [1.29, 1.82) is 0 Å². The van der Waals surface area contributed by atoms with Crippen LogP contribution in [0.25, 0.3) is 0 Å². The molecule has 0 saturated carbocycles. The van der Waals surface area contributed by atoms with Gasteiger partial charge in [-0.15, -0.1) is 0 Å². The van der Waals surface area contributed by atoms with Gasteiger partial charge in [0.2, 0.25) is 0 Å². The summed E-state index contributed by atoms with van der Waals surface area (Å²) in [7, 11) is 0. The second-order valence-electron chi connectivity index (χ2n) is 6.49. The molecule has 0 bridgehead atoms. The number of hydrogen-bond donors (Lipinski definition) is 1. The number of carbonyl (C=O) groups is 2. The van der Waals surface area contributed by atoms with Gasteiger partial charge in [0.1, 0.15) is 11.6 Å². The predicted molar refractivity (Wildman–Crippen MR) is 109 cm³/mol. The van der Waals surface area contributed by atoms with Gasteiger partial charge in [0.15, 0.2) is 6.61 Å². The largest absolute Gasteiger partial charge is 0.481 e. The van der Waals surface area contributed by atoms with E-state index < -0.39 is 11.7 Å². The van der Waals surface area contributed by atoms with Gasteiger partial charge in [-0.2, -0.15) is 0 Å². The van der Waals surface area contributed by atoms with Crippen molar-refractivity contribution in [2.75, 3.05) is 16.8 Å². The van der Waals surface area contributed by atoms with E-state index in [4.69, 9.17) is 16.3 Å². The van der Waals surface area contributed by atoms with Gasteiger partial charge in [0.25, 0.3) is 11.8 Å². The molecule has 0 spiro atoms. The van der Waals surface area contributed by atoms with Crippen LogP contribution in [-0.4, -0.2) is 18.4 Å². The Balaban J connectivity index is 1.58. The van der Waals surface area contributed by atoms with E-state index in [1.165, 1.54) is 18.2 Å². The van der Waals surface area contributed by atoms with Crippen LogP contribution in [0, 0.1) is 5.82 Å². The number of hydrogen-bond acceptors (Lipinski definition) is 3. The van der Waals surface area contributed by atoms with Crippen molar-refractivity contribution in [2.24, 2.45) is 0 Å². The van der Waals surface area contributed by atoms with Crippen LogP contribution in [0.1, 0.15) is 15.9 Å². The number of fused-ring (bicyclic) bond motifs is 1. The zero-order chi connectivity index (χ0) is 20.4. The fourth-order valence-electron chi connectivity index (χ4n) is 3.13. The van der Waals surface area contributed by atoms with Crippen LogP contribution in [0.4, 0.5) is 15.8 Å². The minimum absolute atomic E-state index is 0.0244. The van der Waals surface area contributed by atoms with E-state index in [-0.39, 0.29) is 23.1 Å². The van der Waals surface area contributed by atoms with Gasteiger partial charge >= 0.3 is 0 Å². The standard InChI is InChI=1S/C22H16ClFN2O3/c23-16-7-4-8-17(24)21(16)22(28)25-15-9-10-18-19(11-15)29-13-20(27)26(18)12-14-5-2-1-3-6-14/h1-11H,12-13H2,(H,25,28). The Labute approximate surface area is 171 Å². The summed E-state index contributed by atoms with van der Waals surface area (Å²) < 4.78 is 19.5. The highest BCUT2D eigenvalue weighted by molar-refractivity contribution is 6.34. The molecule has 4 rings (SSSR count). The monoisotopic (exact) mass is 410 g/mol. The van der Waals surface area contributed by atoms with Gasteiger partial charge in [0, 0.05) is 11.8 Å². The molecule has 0 fully saturated rings. The molecule has 0 radical (unpaired) electrons. The maximum Gasteiger partial charge on any atom is 0.265 e. The topological polar surface area (TPSA) is 58.6 Å². The first-order chi connectivity index (χ1) is 14.0. The van der Waals surface area contributed by atoms with Crippen molar-refractivity contribution in [2.45, 2.75) is 6.54 Å². The van der Waals surface area contributed by atoms with E-state index in [0.717, 1.165) is 5.56 Å². The summed E-state index contributed by atoms with van der Waals surface area (Å²) in [6.45, 7) is 0.308. The van der Waals surface area contributed by atoms with Crippen molar-refractivity contribution in [3.63, 3.8) is 0 Å². The molecule has 3 aromatic rings. The zero-order valence-corrected chi connectivity index (χ0v) is 15.9. The van der Waals surface area contributed by atoms with Gasteiger partial charge in [0.05, 0.1) is 22.8 Å². The normalized spacial score (nSPS) is 12.9. The number of amides is 2. The van der Waals surface area contributed by atoms with Crippen LogP contribution in [0.15, 0.2) is 66.7 Å². The number of ether oxygens (including phenoxy) is 1. The highest BCUT2D eigenvalue weighted by Gasteiger charge is 2.26. The Hall–Kier alpha value is -3.38. The van der Waals surface area contributed by atoms with Crippen LogP contribution < -0.4 is 15.0 Å². The van der Waals surface area contributed by atoms with E-state index in [1.807, 2.05) is 30.3 Å². The number of rotatable bonds is 4. The van der Waals surface area contributed by atoms with Crippen LogP contribution in [0.3, 0.4) is 0 Å². The van der Waals surface area contributed by atoms with Gasteiger partial charge in [-0.05, 0) is 29.8 Å². The molecule has 0 aromatic heterocycles. The quantitative estimate of drug-likeness (QED) is 0.680. The smallest absolute Gasteiger partial charge is 0.265 e. The number of halogens is 2. The Morgan fingerprint density at radius 3 is 2.66 bits per heavy atom. The second-order valence-corrected chi connectivity index (χ2v) is 6.89. The zero-order valence-electron chi connectivity index (χ0n) is 15.2. The van der Waals surface area contributed by atoms with Crippen molar-refractivity contribution in [1.82, 2.24) is 0 Å². The minimum Gasteiger partial charge on any atom is -0.481 e. The van der Waals surface area contributed by atoms with E-state index in [0.29, 0.717) is 23.7 Å². The van der Waals surface area contributed by atoms with Crippen LogP contribution in [0.2, 0.25) is 5.02 Å². The number of nitrogens with zero attached hydrogens (tertiary/aromatic N) is 1. The molecule has 5 nitrogen and oxygen atoms in total. The molecular weight excluding hydrogens is 395 g/mol. The Bertz CT molecular complexity index is 1070. The Morgan fingerprint density at radius 2 is 1.90 bits per heavy atom. The molecule has 3 aromatic carbocycles. The molecule has 0 unspecified atom stereocenters. The lowest BCUT2D eigenvalue weighted by atomic mass is 10.1. The van der Waals surface area contributed by atoms with Crippen molar-refractivity contribution < 1.29 is 18.7 Å². The van der Waals surface area contributed by atoms with Crippen molar-refractivity contribution in [3.8, 4) is 5.75 Å². The van der Waals surface area contributed by atoms with E-state index in [9.17, 15) is 14.0 Å². The SMILES string of the molecule is O=C(Nc1ccc2c(c1)OCC(=O)N2Cc1ccccc1)c1c(F)cccc1Cl. The second kappa shape index (κ2) is 7.93. The number of carbonyl (C=O) groups excluding carboxylic acids is 2. The van der Waals surface area contributed by atoms with E-state index in [2.05, 4.69) is 5.32 Å². The fraction of sp³-hybridized carbons (Fsp3) is 0.0909. The minimum atomic E-state index is -0.705. The lowest BCUT2D eigenvalue weighted by Gasteiger charge is -2.29. The van der Waals surface area contributed by atoms with Crippen molar-refractivity contribution in [3.05, 3.63) is 88.7 Å². The molecule has 1 aliphatic heterocycles. The Kier molecular flexibility index (Phi) is 5.18. The molecule has 0 aliphatic carbocycles. The molecule has 1 N–H and O–H groups in total. The average Bonchev–Trinajstić information content (AvgIpc) is 2.71. The third-order valence-electron chi connectivity index (χ3n) is 4.53.